The van der Waals surface area contributed by atoms with Crippen LogP contribution in [0.2, 0.25) is 0 Å². The minimum Gasteiger partial charge on any atom is -0.497 e. The van der Waals surface area contributed by atoms with E-state index in [4.69, 9.17) is 4.74 Å². The van der Waals surface area contributed by atoms with E-state index in [9.17, 15) is 8.42 Å². The van der Waals surface area contributed by atoms with Gasteiger partial charge in [0.1, 0.15) is 5.75 Å². The summed E-state index contributed by atoms with van der Waals surface area (Å²) in [4.78, 5) is 0. The lowest BCUT2D eigenvalue weighted by Gasteiger charge is -2.32. The van der Waals surface area contributed by atoms with E-state index in [1.807, 2.05) is 38.1 Å². The van der Waals surface area contributed by atoms with Crippen LogP contribution >= 0.6 is 0 Å². The molecule has 0 radical (unpaired) electrons. The molecule has 1 saturated heterocycles. The van der Waals surface area contributed by atoms with Gasteiger partial charge in [-0.05, 0) is 30.9 Å². The van der Waals surface area contributed by atoms with Crippen LogP contribution in [0.3, 0.4) is 0 Å². The SMILES string of the molecule is CC[C@H](C)CS(=O)(=O)N1CCC(Nc2cccc(OC)c2)CC1. The molecule has 1 fully saturated rings. The second kappa shape index (κ2) is 8.02. The summed E-state index contributed by atoms with van der Waals surface area (Å²) in [5, 5.41) is 3.48. The lowest BCUT2D eigenvalue weighted by atomic mass is 10.1. The van der Waals surface area contributed by atoms with Crippen molar-refractivity contribution >= 4 is 15.7 Å². The Labute approximate surface area is 140 Å². The molecule has 23 heavy (non-hydrogen) atoms. The number of hydrogen-bond donors (Lipinski definition) is 1. The molecule has 0 spiro atoms. The first-order valence-electron chi connectivity index (χ1n) is 8.33. The van der Waals surface area contributed by atoms with Gasteiger partial charge in [-0.2, -0.15) is 0 Å². The first-order valence-corrected chi connectivity index (χ1v) is 9.94. The molecule has 1 heterocycles. The van der Waals surface area contributed by atoms with Gasteiger partial charge in [0, 0.05) is 30.9 Å². The van der Waals surface area contributed by atoms with Crippen LogP contribution in [0.4, 0.5) is 5.69 Å². The average molecular weight is 340 g/mol. The molecule has 5 nitrogen and oxygen atoms in total. The van der Waals surface area contributed by atoms with Crippen LogP contribution in [-0.2, 0) is 10.0 Å². The number of methoxy groups -OCH3 is 1. The first-order chi connectivity index (χ1) is 10.9. The van der Waals surface area contributed by atoms with Crippen LogP contribution in [0.15, 0.2) is 24.3 Å². The molecule has 0 amide bonds. The van der Waals surface area contributed by atoms with Crippen molar-refractivity contribution in [2.45, 2.75) is 39.2 Å². The largest absolute Gasteiger partial charge is 0.497 e. The van der Waals surface area contributed by atoms with E-state index in [0.717, 1.165) is 30.7 Å². The van der Waals surface area contributed by atoms with E-state index in [1.54, 1.807) is 11.4 Å². The minimum atomic E-state index is -3.12. The van der Waals surface area contributed by atoms with Gasteiger partial charge in [-0.15, -0.1) is 0 Å². The van der Waals surface area contributed by atoms with E-state index in [2.05, 4.69) is 5.32 Å². The number of piperidine rings is 1. The maximum absolute atomic E-state index is 12.4. The quantitative estimate of drug-likeness (QED) is 0.829. The van der Waals surface area contributed by atoms with E-state index >= 15 is 0 Å². The third-order valence-electron chi connectivity index (χ3n) is 4.48. The van der Waals surface area contributed by atoms with E-state index in [1.165, 1.54) is 0 Å². The van der Waals surface area contributed by atoms with Crippen molar-refractivity contribution in [1.82, 2.24) is 4.31 Å². The lowest BCUT2D eigenvalue weighted by molar-refractivity contribution is 0.327. The fourth-order valence-electron chi connectivity index (χ4n) is 2.81. The molecule has 6 heteroatoms. The Kier molecular flexibility index (Phi) is 6.30. The van der Waals surface area contributed by atoms with Crippen LogP contribution in [0.1, 0.15) is 33.1 Å². The highest BCUT2D eigenvalue weighted by Gasteiger charge is 2.28. The Bertz CT molecular complexity index is 596. The fraction of sp³-hybridized carbons (Fsp3) is 0.647. The van der Waals surface area contributed by atoms with Crippen molar-refractivity contribution in [3.8, 4) is 5.75 Å². The van der Waals surface area contributed by atoms with Crippen molar-refractivity contribution in [1.29, 1.82) is 0 Å². The number of anilines is 1. The van der Waals surface area contributed by atoms with Gasteiger partial charge < -0.3 is 10.1 Å². The Balaban J connectivity index is 1.88. The van der Waals surface area contributed by atoms with Gasteiger partial charge in [-0.3, -0.25) is 0 Å². The topological polar surface area (TPSA) is 58.6 Å². The highest BCUT2D eigenvalue weighted by molar-refractivity contribution is 7.89. The van der Waals surface area contributed by atoms with Crippen molar-refractivity contribution in [3.05, 3.63) is 24.3 Å². The standard InChI is InChI=1S/C17H28N2O3S/c1-4-14(2)13-23(20,21)19-10-8-15(9-11-19)18-16-6-5-7-17(12-16)22-3/h5-7,12,14-15,18H,4,8-11,13H2,1-3H3/t14-/m0/s1. The van der Waals surface area contributed by atoms with Crippen molar-refractivity contribution in [2.24, 2.45) is 5.92 Å². The second-order valence-electron chi connectivity index (χ2n) is 6.34. The van der Waals surface area contributed by atoms with Gasteiger partial charge in [-0.1, -0.05) is 26.3 Å². The molecule has 2 rings (SSSR count). The Morgan fingerprint density at radius 1 is 1.35 bits per heavy atom. The summed E-state index contributed by atoms with van der Waals surface area (Å²) in [5.41, 5.74) is 1.02. The molecule has 0 bridgehead atoms. The van der Waals surface area contributed by atoms with Crippen LogP contribution < -0.4 is 10.1 Å². The third kappa shape index (κ3) is 5.11. The molecule has 1 aliphatic rings. The van der Waals surface area contributed by atoms with Gasteiger partial charge in [0.15, 0.2) is 0 Å². The maximum Gasteiger partial charge on any atom is 0.214 e. The predicted octanol–water partition coefficient (Wildman–Crippen LogP) is 2.95. The maximum atomic E-state index is 12.4. The van der Waals surface area contributed by atoms with Gasteiger partial charge >= 0.3 is 0 Å². The van der Waals surface area contributed by atoms with Crippen LogP contribution in [0.5, 0.6) is 5.75 Å². The number of nitrogens with zero attached hydrogens (tertiary/aromatic N) is 1. The van der Waals surface area contributed by atoms with Crippen molar-refractivity contribution < 1.29 is 13.2 Å². The molecule has 1 aliphatic heterocycles. The summed E-state index contributed by atoms with van der Waals surface area (Å²) in [6.07, 6.45) is 2.56. The second-order valence-corrected chi connectivity index (χ2v) is 8.36. The zero-order valence-corrected chi connectivity index (χ0v) is 15.1. The summed E-state index contributed by atoms with van der Waals surface area (Å²) >= 11 is 0. The van der Waals surface area contributed by atoms with Crippen LogP contribution in [0, 0.1) is 5.92 Å². The lowest BCUT2D eigenvalue weighted by Crippen LogP contribution is -2.43. The summed E-state index contributed by atoms with van der Waals surface area (Å²) in [7, 11) is -1.46. The van der Waals surface area contributed by atoms with Crippen LogP contribution in [-0.4, -0.2) is 44.7 Å². The zero-order valence-electron chi connectivity index (χ0n) is 14.3. The van der Waals surface area contributed by atoms with Crippen molar-refractivity contribution in [2.75, 3.05) is 31.3 Å². The highest BCUT2D eigenvalue weighted by atomic mass is 32.2. The van der Waals surface area contributed by atoms with Crippen LogP contribution in [0.25, 0.3) is 0 Å². The first kappa shape index (κ1) is 18.1. The molecule has 0 aromatic heterocycles. The van der Waals surface area contributed by atoms with E-state index in [-0.39, 0.29) is 11.7 Å². The molecular formula is C17H28N2O3S. The Morgan fingerprint density at radius 2 is 2.04 bits per heavy atom. The summed E-state index contributed by atoms with van der Waals surface area (Å²) in [6.45, 7) is 5.22. The fourth-order valence-corrected chi connectivity index (χ4v) is 4.74. The van der Waals surface area contributed by atoms with Gasteiger partial charge in [0.05, 0.1) is 12.9 Å². The van der Waals surface area contributed by atoms with E-state index in [0.29, 0.717) is 19.1 Å². The number of benzene rings is 1. The molecule has 1 N–H and O–H groups in total. The molecule has 0 saturated carbocycles. The monoisotopic (exact) mass is 340 g/mol. The third-order valence-corrected chi connectivity index (χ3v) is 6.62. The highest BCUT2D eigenvalue weighted by Crippen LogP contribution is 2.22. The Morgan fingerprint density at radius 3 is 2.65 bits per heavy atom. The van der Waals surface area contributed by atoms with Gasteiger partial charge in [-0.25, -0.2) is 12.7 Å². The van der Waals surface area contributed by atoms with E-state index < -0.39 is 10.0 Å². The average Bonchev–Trinajstić information content (AvgIpc) is 2.55. The van der Waals surface area contributed by atoms with Crippen molar-refractivity contribution in [3.63, 3.8) is 0 Å². The molecule has 1 aromatic rings. The molecule has 1 atom stereocenters. The molecule has 0 unspecified atom stereocenters. The summed E-state index contributed by atoms with van der Waals surface area (Å²) in [5.74, 6) is 1.30. The molecular weight excluding hydrogens is 312 g/mol. The zero-order chi connectivity index (χ0) is 16.9. The molecule has 130 valence electrons. The molecule has 0 aliphatic carbocycles. The minimum absolute atomic E-state index is 0.215. The number of sulfonamides is 1. The molecule has 1 aromatic carbocycles. The Hall–Kier alpha value is -1.27. The number of ether oxygens (including phenoxy) is 1. The number of nitrogens with one attached hydrogen (secondary N) is 1. The van der Waals surface area contributed by atoms with Gasteiger partial charge in [0.2, 0.25) is 10.0 Å². The predicted molar refractivity (Wildman–Crippen MR) is 94.5 cm³/mol. The number of hydrogen-bond acceptors (Lipinski definition) is 4. The van der Waals surface area contributed by atoms with Gasteiger partial charge in [0.25, 0.3) is 0 Å². The normalized spacial score (nSPS) is 18.6. The summed E-state index contributed by atoms with van der Waals surface area (Å²) < 4.78 is 31.7. The summed E-state index contributed by atoms with van der Waals surface area (Å²) in [6, 6.07) is 8.14. The number of rotatable bonds is 7. The smallest absolute Gasteiger partial charge is 0.214 e.